The van der Waals surface area contributed by atoms with Crippen LogP contribution in [0, 0.1) is 6.92 Å². The van der Waals surface area contributed by atoms with E-state index in [9.17, 15) is 4.79 Å². The molecular weight excluding hydrogens is 226 g/mol. The lowest BCUT2D eigenvalue weighted by atomic mass is 9.98. The Kier molecular flexibility index (Phi) is 2.67. The van der Waals surface area contributed by atoms with Crippen LogP contribution in [0.4, 0.5) is 5.69 Å². The first-order valence-corrected chi connectivity index (χ1v) is 6.21. The number of anilines is 1. The molecule has 1 aliphatic rings. The molecule has 18 heavy (non-hydrogen) atoms. The lowest BCUT2D eigenvalue weighted by molar-refractivity contribution is 0.0958. The van der Waals surface area contributed by atoms with Gasteiger partial charge in [-0.3, -0.25) is 4.79 Å². The number of nitrogens with zero attached hydrogens (tertiary/aromatic N) is 1. The lowest BCUT2D eigenvalue weighted by Gasteiger charge is -2.30. The van der Waals surface area contributed by atoms with Gasteiger partial charge in [-0.05, 0) is 43.0 Å². The number of carbonyl (C=O) groups excluding carboxylic acids is 1. The molecule has 3 rings (SSSR count). The van der Waals surface area contributed by atoms with Crippen LogP contribution >= 0.6 is 0 Å². The largest absolute Gasteiger partial charge is 0.459 e. The number of amides is 1. The Bertz CT molecular complexity index is 572. The minimum absolute atomic E-state index is 0.0461. The van der Waals surface area contributed by atoms with Crippen molar-refractivity contribution in [1.29, 1.82) is 0 Å². The number of hydrogen-bond acceptors (Lipinski definition) is 2. The van der Waals surface area contributed by atoms with Gasteiger partial charge < -0.3 is 9.32 Å². The normalized spacial score (nSPS) is 14.4. The zero-order chi connectivity index (χ0) is 12.5. The van der Waals surface area contributed by atoms with Crippen molar-refractivity contribution in [2.24, 2.45) is 0 Å². The average molecular weight is 241 g/mol. The molecule has 0 atom stereocenters. The van der Waals surface area contributed by atoms with Gasteiger partial charge in [0.2, 0.25) is 0 Å². The molecule has 0 N–H and O–H groups in total. The van der Waals surface area contributed by atoms with E-state index in [1.165, 1.54) is 11.8 Å². The Balaban J connectivity index is 2.04. The highest BCUT2D eigenvalue weighted by atomic mass is 16.3. The van der Waals surface area contributed by atoms with Crippen LogP contribution in [-0.4, -0.2) is 12.5 Å². The van der Waals surface area contributed by atoms with Gasteiger partial charge in [0, 0.05) is 6.54 Å². The predicted molar refractivity (Wildman–Crippen MR) is 69.9 cm³/mol. The van der Waals surface area contributed by atoms with Gasteiger partial charge in [0.25, 0.3) is 5.91 Å². The van der Waals surface area contributed by atoms with Crippen LogP contribution in [-0.2, 0) is 6.42 Å². The predicted octanol–water partition coefficient (Wildman–Crippen LogP) is 3.18. The van der Waals surface area contributed by atoms with Crippen LogP contribution in [0.2, 0.25) is 0 Å². The molecule has 1 aliphatic heterocycles. The third kappa shape index (κ3) is 1.72. The molecule has 2 aromatic rings. The molecule has 0 saturated heterocycles. The molecule has 3 heteroatoms. The van der Waals surface area contributed by atoms with Gasteiger partial charge in [-0.25, -0.2) is 0 Å². The van der Waals surface area contributed by atoms with Gasteiger partial charge in [0.15, 0.2) is 5.76 Å². The van der Waals surface area contributed by atoms with Crippen molar-refractivity contribution in [2.75, 3.05) is 11.4 Å². The third-order valence-corrected chi connectivity index (χ3v) is 3.40. The molecule has 0 radical (unpaired) electrons. The van der Waals surface area contributed by atoms with Crippen molar-refractivity contribution in [2.45, 2.75) is 19.8 Å². The van der Waals surface area contributed by atoms with Crippen LogP contribution < -0.4 is 4.90 Å². The molecule has 1 amide bonds. The van der Waals surface area contributed by atoms with Crippen LogP contribution in [0.1, 0.15) is 28.1 Å². The SMILES string of the molecule is Cc1cccc2c1N(C(=O)c1ccco1)CCC2. The summed E-state index contributed by atoms with van der Waals surface area (Å²) in [6, 6.07) is 9.66. The molecule has 1 aromatic carbocycles. The molecular formula is C15H15NO2. The van der Waals surface area contributed by atoms with Crippen molar-refractivity contribution >= 4 is 11.6 Å². The van der Waals surface area contributed by atoms with Crippen molar-refractivity contribution in [3.8, 4) is 0 Å². The first-order chi connectivity index (χ1) is 8.77. The number of fused-ring (bicyclic) bond motifs is 1. The number of hydrogen-bond donors (Lipinski definition) is 0. The van der Waals surface area contributed by atoms with Gasteiger partial charge >= 0.3 is 0 Å². The smallest absolute Gasteiger partial charge is 0.293 e. The van der Waals surface area contributed by atoms with Crippen LogP contribution in [0.15, 0.2) is 41.0 Å². The maximum atomic E-state index is 12.4. The van der Waals surface area contributed by atoms with E-state index in [-0.39, 0.29) is 5.91 Å². The molecule has 0 spiro atoms. The van der Waals surface area contributed by atoms with Crippen LogP contribution in [0.25, 0.3) is 0 Å². The fraction of sp³-hybridized carbons (Fsp3) is 0.267. The fourth-order valence-electron chi connectivity index (χ4n) is 2.58. The summed E-state index contributed by atoms with van der Waals surface area (Å²) in [6.07, 6.45) is 3.58. The van der Waals surface area contributed by atoms with E-state index in [1.54, 1.807) is 12.1 Å². The summed E-state index contributed by atoms with van der Waals surface area (Å²) in [7, 11) is 0. The van der Waals surface area contributed by atoms with Crippen molar-refractivity contribution in [3.63, 3.8) is 0 Å². The van der Waals surface area contributed by atoms with E-state index in [2.05, 4.69) is 12.1 Å². The van der Waals surface area contributed by atoms with E-state index in [1.807, 2.05) is 17.9 Å². The van der Waals surface area contributed by atoms with E-state index in [0.717, 1.165) is 30.6 Å². The van der Waals surface area contributed by atoms with Gasteiger partial charge in [-0.1, -0.05) is 18.2 Å². The highest BCUT2D eigenvalue weighted by molar-refractivity contribution is 6.05. The molecule has 0 saturated carbocycles. The molecule has 92 valence electrons. The lowest BCUT2D eigenvalue weighted by Crippen LogP contribution is -2.35. The summed E-state index contributed by atoms with van der Waals surface area (Å²) in [5, 5.41) is 0. The minimum atomic E-state index is -0.0461. The summed E-state index contributed by atoms with van der Waals surface area (Å²) in [4.78, 5) is 14.2. The molecule has 1 aromatic heterocycles. The summed E-state index contributed by atoms with van der Waals surface area (Å²) in [5.74, 6) is 0.362. The highest BCUT2D eigenvalue weighted by Crippen LogP contribution is 2.31. The van der Waals surface area contributed by atoms with E-state index in [4.69, 9.17) is 4.42 Å². The number of carbonyl (C=O) groups is 1. The number of aryl methyl sites for hydroxylation is 2. The zero-order valence-corrected chi connectivity index (χ0v) is 10.3. The minimum Gasteiger partial charge on any atom is -0.459 e. The topological polar surface area (TPSA) is 33.5 Å². The second-order valence-corrected chi connectivity index (χ2v) is 4.62. The average Bonchev–Trinajstić information content (AvgIpc) is 2.91. The Hall–Kier alpha value is -2.03. The molecule has 0 aliphatic carbocycles. The fourth-order valence-corrected chi connectivity index (χ4v) is 2.58. The van der Waals surface area contributed by atoms with E-state index in [0.29, 0.717) is 5.76 Å². The molecule has 0 bridgehead atoms. The van der Waals surface area contributed by atoms with Crippen molar-refractivity contribution in [3.05, 3.63) is 53.5 Å². The Morgan fingerprint density at radius 2 is 2.17 bits per heavy atom. The number of para-hydroxylation sites is 1. The second-order valence-electron chi connectivity index (χ2n) is 4.62. The van der Waals surface area contributed by atoms with Crippen LogP contribution in [0.5, 0.6) is 0 Å². The summed E-state index contributed by atoms with van der Waals surface area (Å²) < 4.78 is 5.21. The first-order valence-electron chi connectivity index (χ1n) is 6.21. The first kappa shape index (κ1) is 11.1. The van der Waals surface area contributed by atoms with Gasteiger partial charge in [0.1, 0.15) is 0 Å². The summed E-state index contributed by atoms with van der Waals surface area (Å²) >= 11 is 0. The molecule has 0 unspecified atom stereocenters. The molecule has 3 nitrogen and oxygen atoms in total. The standard InChI is InChI=1S/C15H15NO2/c1-11-5-2-6-12-7-3-9-16(14(11)12)15(17)13-8-4-10-18-13/h2,4-6,8,10H,3,7,9H2,1H3. The quantitative estimate of drug-likeness (QED) is 0.768. The third-order valence-electron chi connectivity index (χ3n) is 3.40. The van der Waals surface area contributed by atoms with E-state index >= 15 is 0 Å². The van der Waals surface area contributed by atoms with Crippen LogP contribution in [0.3, 0.4) is 0 Å². The zero-order valence-electron chi connectivity index (χ0n) is 10.3. The number of rotatable bonds is 1. The molecule has 0 fully saturated rings. The van der Waals surface area contributed by atoms with Crippen molar-refractivity contribution in [1.82, 2.24) is 0 Å². The Labute approximate surface area is 106 Å². The number of furan rings is 1. The summed E-state index contributed by atoms with van der Waals surface area (Å²) in [5.41, 5.74) is 3.46. The Morgan fingerprint density at radius 1 is 1.28 bits per heavy atom. The Morgan fingerprint density at radius 3 is 2.94 bits per heavy atom. The highest BCUT2D eigenvalue weighted by Gasteiger charge is 2.26. The van der Waals surface area contributed by atoms with Crippen molar-refractivity contribution < 1.29 is 9.21 Å². The van der Waals surface area contributed by atoms with Gasteiger partial charge in [-0.2, -0.15) is 0 Å². The monoisotopic (exact) mass is 241 g/mol. The molecule has 2 heterocycles. The maximum absolute atomic E-state index is 12.4. The number of benzene rings is 1. The van der Waals surface area contributed by atoms with E-state index < -0.39 is 0 Å². The van der Waals surface area contributed by atoms with Gasteiger partial charge in [-0.15, -0.1) is 0 Å². The van der Waals surface area contributed by atoms with Gasteiger partial charge in [0.05, 0.1) is 12.0 Å². The second kappa shape index (κ2) is 4.33. The maximum Gasteiger partial charge on any atom is 0.293 e. The summed E-state index contributed by atoms with van der Waals surface area (Å²) in [6.45, 7) is 2.81.